The smallest absolute Gasteiger partial charge is 0.252 e. The standard InChI is InChI=1S/C19H30N4O5S3/c1-19(2,13-28-29)16(25)18(27)22-7-5-15(24)21-8-10-30-31-11-9-23-17(26)14-4-3-6-20-12-14/h3-4,6,12,16,25,29H,5,7-11,13H2,1-2H3,(H,21,24)(H,22,27)(H,23,26). The molecule has 0 saturated heterocycles. The van der Waals surface area contributed by atoms with Gasteiger partial charge in [-0.15, -0.1) is 0 Å². The van der Waals surface area contributed by atoms with Gasteiger partial charge in [0.1, 0.15) is 6.10 Å². The third kappa shape index (κ3) is 11.6. The molecule has 12 heteroatoms. The van der Waals surface area contributed by atoms with Crippen molar-refractivity contribution in [3.63, 3.8) is 0 Å². The molecule has 0 aliphatic heterocycles. The van der Waals surface area contributed by atoms with E-state index in [0.29, 0.717) is 18.7 Å². The summed E-state index contributed by atoms with van der Waals surface area (Å²) in [7, 11) is 3.21. The Morgan fingerprint density at radius 3 is 2.45 bits per heavy atom. The Kier molecular flexibility index (Phi) is 13.7. The van der Waals surface area contributed by atoms with Gasteiger partial charge < -0.3 is 25.2 Å². The zero-order valence-electron chi connectivity index (χ0n) is 17.6. The van der Waals surface area contributed by atoms with E-state index < -0.39 is 17.4 Å². The van der Waals surface area contributed by atoms with Gasteiger partial charge in [0.15, 0.2) is 0 Å². The molecule has 0 aliphatic carbocycles. The molecule has 1 aromatic heterocycles. The summed E-state index contributed by atoms with van der Waals surface area (Å²) in [6.45, 7) is 4.66. The number of amides is 3. The van der Waals surface area contributed by atoms with E-state index in [4.69, 9.17) is 4.18 Å². The molecule has 4 N–H and O–H groups in total. The normalized spacial score (nSPS) is 12.1. The number of nitrogens with zero attached hydrogens (tertiary/aromatic N) is 1. The Bertz CT molecular complexity index is 694. The molecule has 174 valence electrons. The molecule has 1 rings (SSSR count). The highest BCUT2D eigenvalue weighted by atomic mass is 33.1. The fourth-order valence-corrected chi connectivity index (χ4v) is 4.39. The zero-order chi connectivity index (χ0) is 23.1. The Hall–Kier alpha value is -1.47. The van der Waals surface area contributed by atoms with Crippen molar-refractivity contribution < 1.29 is 23.7 Å². The maximum absolute atomic E-state index is 11.9. The van der Waals surface area contributed by atoms with Crippen LogP contribution >= 0.6 is 34.5 Å². The molecule has 1 unspecified atom stereocenters. The molecule has 3 amide bonds. The summed E-state index contributed by atoms with van der Waals surface area (Å²) >= 11 is 3.64. The van der Waals surface area contributed by atoms with Crippen LogP contribution in [-0.4, -0.2) is 71.7 Å². The highest BCUT2D eigenvalue weighted by Crippen LogP contribution is 2.22. The molecular weight excluding hydrogens is 460 g/mol. The summed E-state index contributed by atoms with van der Waals surface area (Å²) in [5, 5.41) is 18.2. The summed E-state index contributed by atoms with van der Waals surface area (Å²) in [5.41, 5.74) is -0.256. The monoisotopic (exact) mass is 490 g/mol. The number of hydrogen-bond donors (Lipinski definition) is 5. The van der Waals surface area contributed by atoms with E-state index in [9.17, 15) is 19.5 Å². The maximum atomic E-state index is 11.9. The van der Waals surface area contributed by atoms with Gasteiger partial charge in [0.05, 0.1) is 12.2 Å². The van der Waals surface area contributed by atoms with Crippen molar-refractivity contribution in [1.29, 1.82) is 0 Å². The minimum absolute atomic E-state index is 0.109. The second-order valence-corrected chi connectivity index (χ2v) is 10.2. The molecule has 0 aliphatic rings. The predicted molar refractivity (Wildman–Crippen MR) is 127 cm³/mol. The van der Waals surface area contributed by atoms with Crippen molar-refractivity contribution in [2.75, 3.05) is 37.7 Å². The van der Waals surface area contributed by atoms with Gasteiger partial charge in [-0.1, -0.05) is 35.4 Å². The van der Waals surface area contributed by atoms with E-state index in [2.05, 4.69) is 33.8 Å². The van der Waals surface area contributed by atoms with Crippen LogP contribution in [0.4, 0.5) is 0 Å². The van der Waals surface area contributed by atoms with E-state index >= 15 is 0 Å². The van der Waals surface area contributed by atoms with Crippen LogP contribution in [0.2, 0.25) is 0 Å². The number of carbonyl (C=O) groups is 3. The molecule has 0 aromatic carbocycles. The number of aliphatic hydroxyl groups excluding tert-OH is 1. The summed E-state index contributed by atoms with van der Waals surface area (Å²) in [6, 6.07) is 3.42. The van der Waals surface area contributed by atoms with Crippen LogP contribution in [0, 0.1) is 5.41 Å². The largest absolute Gasteiger partial charge is 0.383 e. The van der Waals surface area contributed by atoms with Gasteiger partial charge in [0, 0.05) is 55.4 Å². The van der Waals surface area contributed by atoms with Crippen molar-refractivity contribution >= 4 is 52.2 Å². The number of carbonyl (C=O) groups excluding carboxylic acids is 3. The summed E-state index contributed by atoms with van der Waals surface area (Å²) in [5.74, 6) is 0.584. The first kappa shape index (κ1) is 27.6. The fourth-order valence-electron chi connectivity index (χ4n) is 2.24. The summed E-state index contributed by atoms with van der Waals surface area (Å²) in [6.07, 6.45) is 2.00. The van der Waals surface area contributed by atoms with Crippen molar-refractivity contribution in [3.05, 3.63) is 30.1 Å². The average Bonchev–Trinajstić information content (AvgIpc) is 2.75. The lowest BCUT2D eigenvalue weighted by Crippen LogP contribution is -2.46. The van der Waals surface area contributed by atoms with Crippen LogP contribution in [-0.2, 0) is 13.8 Å². The molecule has 0 spiro atoms. The van der Waals surface area contributed by atoms with Gasteiger partial charge in [0.2, 0.25) is 11.8 Å². The lowest BCUT2D eigenvalue weighted by atomic mass is 9.87. The van der Waals surface area contributed by atoms with Gasteiger partial charge in [-0.25, -0.2) is 0 Å². The van der Waals surface area contributed by atoms with Gasteiger partial charge in [-0.3, -0.25) is 19.4 Å². The SMILES string of the molecule is CC(C)(COS)C(O)C(=O)NCCC(=O)NCCSSCCNC(=O)c1cccnc1. The van der Waals surface area contributed by atoms with E-state index in [1.807, 2.05) is 0 Å². The molecule has 9 nitrogen and oxygen atoms in total. The molecule has 1 heterocycles. The Morgan fingerprint density at radius 1 is 1.16 bits per heavy atom. The van der Waals surface area contributed by atoms with Gasteiger partial charge in [-0.2, -0.15) is 0 Å². The van der Waals surface area contributed by atoms with Crippen LogP contribution in [0.5, 0.6) is 0 Å². The number of nitrogens with one attached hydrogen (secondary N) is 3. The first-order valence-corrected chi connectivity index (χ1v) is 12.5. The number of aromatic nitrogens is 1. The first-order chi connectivity index (χ1) is 14.8. The van der Waals surface area contributed by atoms with Crippen LogP contribution in [0.3, 0.4) is 0 Å². The number of pyridine rings is 1. The molecule has 1 atom stereocenters. The topological polar surface area (TPSA) is 130 Å². The van der Waals surface area contributed by atoms with Crippen molar-refractivity contribution in [2.45, 2.75) is 26.4 Å². The lowest BCUT2D eigenvalue weighted by Gasteiger charge is -2.28. The van der Waals surface area contributed by atoms with E-state index in [1.165, 1.54) is 6.20 Å². The van der Waals surface area contributed by atoms with Gasteiger partial charge >= 0.3 is 0 Å². The Morgan fingerprint density at radius 2 is 1.84 bits per heavy atom. The maximum Gasteiger partial charge on any atom is 0.252 e. The van der Waals surface area contributed by atoms with Crippen molar-refractivity contribution in [1.82, 2.24) is 20.9 Å². The summed E-state index contributed by atoms with van der Waals surface area (Å²) < 4.78 is 4.70. The van der Waals surface area contributed by atoms with Crippen LogP contribution in [0.25, 0.3) is 0 Å². The third-order valence-corrected chi connectivity index (χ3v) is 6.60. The Labute approximate surface area is 196 Å². The Balaban J connectivity index is 2.02. The number of thiol groups is 1. The molecule has 0 bridgehead atoms. The fraction of sp³-hybridized carbons (Fsp3) is 0.579. The van der Waals surface area contributed by atoms with Gasteiger partial charge in [0.25, 0.3) is 5.91 Å². The second-order valence-electron chi connectivity index (χ2n) is 7.20. The predicted octanol–water partition coefficient (Wildman–Crippen LogP) is 1.06. The molecule has 31 heavy (non-hydrogen) atoms. The van der Waals surface area contributed by atoms with Gasteiger partial charge in [-0.05, 0) is 25.0 Å². The second kappa shape index (κ2) is 15.4. The van der Waals surface area contributed by atoms with E-state index in [1.54, 1.807) is 53.8 Å². The molecule has 0 fully saturated rings. The van der Waals surface area contributed by atoms with Crippen LogP contribution < -0.4 is 16.0 Å². The molecule has 1 aromatic rings. The highest BCUT2D eigenvalue weighted by Gasteiger charge is 2.33. The van der Waals surface area contributed by atoms with Crippen molar-refractivity contribution in [3.8, 4) is 0 Å². The first-order valence-electron chi connectivity index (χ1n) is 9.69. The summed E-state index contributed by atoms with van der Waals surface area (Å²) in [4.78, 5) is 39.5. The van der Waals surface area contributed by atoms with Crippen molar-refractivity contribution in [2.24, 2.45) is 5.41 Å². The number of aliphatic hydroxyl groups is 1. The lowest BCUT2D eigenvalue weighted by molar-refractivity contribution is -0.136. The minimum atomic E-state index is -1.26. The van der Waals surface area contributed by atoms with E-state index in [-0.39, 0.29) is 31.4 Å². The molecule has 0 saturated carbocycles. The molecule has 0 radical (unpaired) electrons. The zero-order valence-corrected chi connectivity index (χ0v) is 20.2. The van der Waals surface area contributed by atoms with Crippen LogP contribution in [0.1, 0.15) is 30.6 Å². The van der Waals surface area contributed by atoms with Crippen LogP contribution in [0.15, 0.2) is 24.5 Å². The number of hydrogen-bond acceptors (Lipinski definition) is 9. The minimum Gasteiger partial charge on any atom is -0.383 e. The highest BCUT2D eigenvalue weighted by molar-refractivity contribution is 8.76. The average molecular weight is 491 g/mol. The third-order valence-electron chi connectivity index (χ3n) is 4.06. The molecular formula is C19H30N4O5S3. The van der Waals surface area contributed by atoms with E-state index in [0.717, 1.165) is 11.5 Å². The number of rotatable bonds is 15. The quantitative estimate of drug-likeness (QED) is 0.107.